The van der Waals surface area contributed by atoms with Gasteiger partial charge in [-0.1, -0.05) is 55.8 Å². The van der Waals surface area contributed by atoms with Gasteiger partial charge in [0.2, 0.25) is 0 Å². The Bertz CT molecular complexity index is 572. The van der Waals surface area contributed by atoms with Crippen molar-refractivity contribution >= 4 is 11.8 Å². The SMILES string of the molecule is CCCCSCc1cccc2c1Cc1ccccc1-2. The van der Waals surface area contributed by atoms with Crippen LogP contribution in [0.5, 0.6) is 0 Å². The quantitative estimate of drug-likeness (QED) is 0.566. The van der Waals surface area contributed by atoms with Gasteiger partial charge < -0.3 is 0 Å². The summed E-state index contributed by atoms with van der Waals surface area (Å²) in [6.45, 7) is 2.26. The maximum atomic E-state index is 2.31. The van der Waals surface area contributed by atoms with E-state index in [1.54, 1.807) is 5.56 Å². The Hall–Kier alpha value is -1.21. The molecule has 2 aromatic rings. The monoisotopic (exact) mass is 268 g/mol. The highest BCUT2D eigenvalue weighted by atomic mass is 32.2. The Morgan fingerprint density at radius 3 is 2.74 bits per heavy atom. The Morgan fingerprint density at radius 2 is 1.84 bits per heavy atom. The van der Waals surface area contributed by atoms with Crippen molar-refractivity contribution in [2.75, 3.05) is 5.75 Å². The first-order chi connectivity index (χ1) is 9.40. The number of benzene rings is 2. The van der Waals surface area contributed by atoms with E-state index in [9.17, 15) is 0 Å². The first kappa shape index (κ1) is 12.8. The smallest absolute Gasteiger partial charge is 0.0187 e. The summed E-state index contributed by atoms with van der Waals surface area (Å²) < 4.78 is 0. The van der Waals surface area contributed by atoms with Crippen LogP contribution in [0.15, 0.2) is 42.5 Å². The zero-order valence-corrected chi connectivity index (χ0v) is 12.3. The average Bonchev–Trinajstić information content (AvgIpc) is 2.83. The number of unbranched alkanes of at least 4 members (excludes halogenated alkanes) is 1. The molecule has 0 radical (unpaired) electrons. The van der Waals surface area contributed by atoms with Crippen molar-refractivity contribution in [3.8, 4) is 11.1 Å². The Labute approximate surface area is 120 Å². The normalized spacial score (nSPS) is 12.3. The summed E-state index contributed by atoms with van der Waals surface area (Å²) in [5, 5.41) is 0. The van der Waals surface area contributed by atoms with E-state index >= 15 is 0 Å². The topological polar surface area (TPSA) is 0 Å². The number of hydrogen-bond acceptors (Lipinski definition) is 1. The second-order valence-electron chi connectivity index (χ2n) is 5.18. The lowest BCUT2D eigenvalue weighted by molar-refractivity contribution is 0.896. The van der Waals surface area contributed by atoms with Gasteiger partial charge in [0.1, 0.15) is 0 Å². The van der Waals surface area contributed by atoms with Crippen LogP contribution in [0.25, 0.3) is 11.1 Å². The fourth-order valence-corrected chi connectivity index (χ4v) is 3.91. The zero-order chi connectivity index (χ0) is 13.1. The lowest BCUT2D eigenvalue weighted by Crippen LogP contribution is -1.91. The molecular weight excluding hydrogens is 248 g/mol. The summed E-state index contributed by atoms with van der Waals surface area (Å²) in [5.41, 5.74) is 7.49. The van der Waals surface area contributed by atoms with E-state index in [0.717, 1.165) is 12.2 Å². The second kappa shape index (κ2) is 5.83. The van der Waals surface area contributed by atoms with E-state index in [-0.39, 0.29) is 0 Å². The molecule has 0 heterocycles. The zero-order valence-electron chi connectivity index (χ0n) is 11.5. The molecule has 0 fully saturated rings. The minimum atomic E-state index is 1.12. The molecule has 0 spiro atoms. The predicted molar refractivity (Wildman–Crippen MR) is 85.8 cm³/mol. The molecule has 0 bridgehead atoms. The minimum Gasteiger partial charge on any atom is -0.157 e. The fourth-order valence-electron chi connectivity index (χ4n) is 2.79. The molecule has 0 aromatic heterocycles. The maximum absolute atomic E-state index is 2.31. The third-order valence-electron chi connectivity index (χ3n) is 3.85. The van der Waals surface area contributed by atoms with Gasteiger partial charge in [-0.3, -0.25) is 0 Å². The molecule has 0 nitrogen and oxygen atoms in total. The number of thioether (sulfide) groups is 1. The van der Waals surface area contributed by atoms with Crippen LogP contribution in [0.3, 0.4) is 0 Å². The minimum absolute atomic E-state index is 1.12. The predicted octanol–water partition coefficient (Wildman–Crippen LogP) is 5.29. The summed E-state index contributed by atoms with van der Waals surface area (Å²) in [4.78, 5) is 0. The van der Waals surface area contributed by atoms with Gasteiger partial charge in [0.25, 0.3) is 0 Å². The van der Waals surface area contributed by atoms with Crippen LogP contribution in [0.1, 0.15) is 36.5 Å². The van der Waals surface area contributed by atoms with Crippen molar-refractivity contribution in [2.45, 2.75) is 31.9 Å². The maximum Gasteiger partial charge on any atom is 0.0187 e. The number of fused-ring (bicyclic) bond motifs is 3. The van der Waals surface area contributed by atoms with Gasteiger partial charge in [-0.15, -0.1) is 0 Å². The summed E-state index contributed by atoms with van der Waals surface area (Å²) in [6, 6.07) is 15.6. The fraction of sp³-hybridized carbons (Fsp3) is 0.333. The van der Waals surface area contributed by atoms with Crippen LogP contribution >= 0.6 is 11.8 Å². The summed E-state index contributed by atoms with van der Waals surface area (Å²) in [7, 11) is 0. The van der Waals surface area contributed by atoms with Crippen LogP contribution in [0, 0.1) is 0 Å². The third kappa shape index (κ3) is 2.57. The molecule has 1 aliphatic carbocycles. The van der Waals surface area contributed by atoms with Crippen molar-refractivity contribution in [3.05, 3.63) is 59.2 Å². The highest BCUT2D eigenvalue weighted by Gasteiger charge is 2.19. The van der Waals surface area contributed by atoms with Crippen LogP contribution in [0.2, 0.25) is 0 Å². The first-order valence-corrected chi connectivity index (χ1v) is 8.32. The molecule has 2 aromatic carbocycles. The lowest BCUT2D eigenvalue weighted by Gasteiger charge is -2.08. The average molecular weight is 268 g/mol. The highest BCUT2D eigenvalue weighted by Crippen LogP contribution is 2.38. The molecule has 0 saturated carbocycles. The molecule has 98 valence electrons. The van der Waals surface area contributed by atoms with Gasteiger partial charge in [-0.05, 0) is 46.4 Å². The molecule has 0 aliphatic heterocycles. The van der Waals surface area contributed by atoms with E-state index < -0.39 is 0 Å². The van der Waals surface area contributed by atoms with Gasteiger partial charge in [-0.2, -0.15) is 11.8 Å². The van der Waals surface area contributed by atoms with Crippen molar-refractivity contribution in [1.82, 2.24) is 0 Å². The lowest BCUT2D eigenvalue weighted by atomic mass is 10.0. The standard InChI is InChI=1S/C18H20S/c1-2-3-11-19-13-15-8-6-10-17-16-9-5-4-7-14(16)12-18(15)17/h4-10H,2-3,11-13H2,1H3. The van der Waals surface area contributed by atoms with Crippen LogP contribution in [0.4, 0.5) is 0 Å². The number of rotatable bonds is 5. The second-order valence-corrected chi connectivity index (χ2v) is 6.29. The van der Waals surface area contributed by atoms with Crippen LogP contribution < -0.4 is 0 Å². The van der Waals surface area contributed by atoms with E-state index in [2.05, 4.69) is 61.2 Å². The van der Waals surface area contributed by atoms with Crippen LogP contribution in [-0.4, -0.2) is 5.75 Å². The van der Waals surface area contributed by atoms with Crippen molar-refractivity contribution < 1.29 is 0 Å². The summed E-state index contributed by atoms with van der Waals surface area (Å²) in [5.74, 6) is 2.45. The summed E-state index contributed by atoms with van der Waals surface area (Å²) >= 11 is 2.08. The van der Waals surface area contributed by atoms with Crippen molar-refractivity contribution in [1.29, 1.82) is 0 Å². The van der Waals surface area contributed by atoms with Crippen molar-refractivity contribution in [2.24, 2.45) is 0 Å². The van der Waals surface area contributed by atoms with Gasteiger partial charge in [0, 0.05) is 5.75 Å². The van der Waals surface area contributed by atoms with E-state index in [1.807, 2.05) is 0 Å². The van der Waals surface area contributed by atoms with Gasteiger partial charge in [0.05, 0.1) is 0 Å². The molecular formula is C18H20S. The van der Waals surface area contributed by atoms with Gasteiger partial charge in [-0.25, -0.2) is 0 Å². The van der Waals surface area contributed by atoms with Gasteiger partial charge in [0.15, 0.2) is 0 Å². The largest absolute Gasteiger partial charge is 0.157 e. The van der Waals surface area contributed by atoms with Gasteiger partial charge >= 0.3 is 0 Å². The Morgan fingerprint density at radius 1 is 1.00 bits per heavy atom. The van der Waals surface area contributed by atoms with Crippen LogP contribution in [-0.2, 0) is 12.2 Å². The highest BCUT2D eigenvalue weighted by molar-refractivity contribution is 7.98. The molecule has 1 aliphatic rings. The third-order valence-corrected chi connectivity index (χ3v) is 4.94. The number of hydrogen-bond donors (Lipinski definition) is 0. The molecule has 0 unspecified atom stereocenters. The van der Waals surface area contributed by atoms with E-state index in [4.69, 9.17) is 0 Å². The summed E-state index contributed by atoms with van der Waals surface area (Å²) in [6.07, 6.45) is 3.75. The molecule has 0 saturated heterocycles. The molecule has 0 atom stereocenters. The first-order valence-electron chi connectivity index (χ1n) is 7.17. The molecule has 1 heteroatoms. The Kier molecular flexibility index (Phi) is 3.93. The molecule has 19 heavy (non-hydrogen) atoms. The van der Waals surface area contributed by atoms with E-state index in [0.29, 0.717) is 0 Å². The van der Waals surface area contributed by atoms with Crippen molar-refractivity contribution in [3.63, 3.8) is 0 Å². The molecule has 3 rings (SSSR count). The molecule has 0 amide bonds. The Balaban J connectivity index is 1.82. The molecule has 0 N–H and O–H groups in total. The van der Waals surface area contributed by atoms with E-state index in [1.165, 1.54) is 40.8 Å².